The number of nitrogens with zero attached hydrogens (tertiary/aromatic N) is 3. The van der Waals surface area contributed by atoms with Gasteiger partial charge in [-0.3, -0.25) is 9.59 Å². The summed E-state index contributed by atoms with van der Waals surface area (Å²) in [5, 5.41) is 7.81. The van der Waals surface area contributed by atoms with Gasteiger partial charge >= 0.3 is 0 Å². The van der Waals surface area contributed by atoms with Crippen LogP contribution in [0.2, 0.25) is 5.15 Å². The fraction of sp³-hybridized carbons (Fsp3) is 0.346. The first-order chi connectivity index (χ1) is 16.9. The van der Waals surface area contributed by atoms with E-state index in [9.17, 15) is 9.59 Å². The summed E-state index contributed by atoms with van der Waals surface area (Å²) in [4.78, 5) is 27.8. The SMILES string of the molecule is Cc1ccc(Cn2nc(C)c(C(=O)N3CCC(C(=O)Nc4ccc5c(c4)OCO5)CC3)c2Cl)cc1. The number of aryl methyl sites for hydroxylation is 2. The van der Waals surface area contributed by atoms with Gasteiger partial charge in [0.1, 0.15) is 5.15 Å². The minimum absolute atomic E-state index is 0.0592. The Balaban J connectivity index is 1.20. The predicted molar refractivity (Wildman–Crippen MR) is 132 cm³/mol. The number of piperidine rings is 1. The van der Waals surface area contributed by atoms with Gasteiger partial charge in [-0.05, 0) is 44.4 Å². The molecule has 35 heavy (non-hydrogen) atoms. The molecule has 2 amide bonds. The van der Waals surface area contributed by atoms with Crippen molar-refractivity contribution in [1.82, 2.24) is 14.7 Å². The van der Waals surface area contributed by atoms with Crippen molar-refractivity contribution in [3.63, 3.8) is 0 Å². The Kier molecular flexibility index (Phi) is 6.38. The first-order valence-corrected chi connectivity index (χ1v) is 12.0. The molecule has 0 atom stereocenters. The number of amides is 2. The molecule has 0 spiro atoms. The van der Waals surface area contributed by atoms with Crippen LogP contribution in [-0.4, -0.2) is 46.4 Å². The monoisotopic (exact) mass is 494 g/mol. The number of hydrogen-bond donors (Lipinski definition) is 1. The first-order valence-electron chi connectivity index (χ1n) is 11.7. The lowest BCUT2D eigenvalue weighted by molar-refractivity contribution is -0.121. The Labute approximate surface area is 208 Å². The standard InChI is InChI=1S/C26H27ClN4O4/c1-16-3-5-18(6-4-16)14-31-24(27)23(17(2)29-31)26(33)30-11-9-19(10-12-30)25(32)28-20-7-8-21-22(13-20)35-15-34-21/h3-8,13,19H,9-12,14-15H2,1-2H3,(H,28,32). The van der Waals surface area contributed by atoms with Gasteiger partial charge in [0.25, 0.3) is 5.91 Å². The average Bonchev–Trinajstić information content (AvgIpc) is 3.43. The van der Waals surface area contributed by atoms with E-state index in [1.54, 1.807) is 34.7 Å². The maximum absolute atomic E-state index is 13.3. The molecule has 5 rings (SSSR count). The van der Waals surface area contributed by atoms with Gasteiger partial charge in [-0.2, -0.15) is 5.10 Å². The minimum atomic E-state index is -0.176. The second-order valence-corrected chi connectivity index (χ2v) is 9.38. The molecule has 8 nitrogen and oxygen atoms in total. The molecule has 2 aromatic carbocycles. The second-order valence-electron chi connectivity index (χ2n) is 9.02. The molecule has 0 radical (unpaired) electrons. The summed E-state index contributed by atoms with van der Waals surface area (Å²) in [7, 11) is 0. The molecule has 3 aromatic rings. The number of nitrogens with one attached hydrogen (secondary N) is 1. The maximum Gasteiger partial charge on any atom is 0.258 e. The Morgan fingerprint density at radius 1 is 1.06 bits per heavy atom. The molecule has 9 heteroatoms. The van der Waals surface area contributed by atoms with Crippen molar-refractivity contribution in [3.05, 3.63) is 70.0 Å². The van der Waals surface area contributed by atoms with Crippen LogP contribution in [0.25, 0.3) is 0 Å². The molecule has 1 aromatic heterocycles. The summed E-state index contributed by atoms with van der Waals surface area (Å²) in [5.74, 6) is 0.919. The van der Waals surface area contributed by atoms with E-state index in [0.29, 0.717) is 66.1 Å². The average molecular weight is 495 g/mol. The van der Waals surface area contributed by atoms with Gasteiger partial charge in [-0.15, -0.1) is 0 Å². The van der Waals surface area contributed by atoms with Crippen molar-refractivity contribution in [3.8, 4) is 11.5 Å². The van der Waals surface area contributed by atoms with Crippen molar-refractivity contribution in [1.29, 1.82) is 0 Å². The fourth-order valence-corrected chi connectivity index (χ4v) is 4.80. The number of rotatable bonds is 5. The number of benzene rings is 2. The molecule has 0 aliphatic carbocycles. The van der Waals surface area contributed by atoms with E-state index in [1.165, 1.54) is 5.56 Å². The van der Waals surface area contributed by atoms with Crippen LogP contribution in [0, 0.1) is 19.8 Å². The van der Waals surface area contributed by atoms with E-state index in [0.717, 1.165) is 5.56 Å². The molecule has 2 aliphatic heterocycles. The topological polar surface area (TPSA) is 85.7 Å². The smallest absolute Gasteiger partial charge is 0.258 e. The highest BCUT2D eigenvalue weighted by atomic mass is 35.5. The summed E-state index contributed by atoms with van der Waals surface area (Å²) in [6, 6.07) is 13.5. The summed E-state index contributed by atoms with van der Waals surface area (Å²) < 4.78 is 12.3. The number of ether oxygens (including phenoxy) is 2. The van der Waals surface area contributed by atoms with Crippen molar-refractivity contribution in [2.24, 2.45) is 5.92 Å². The fourth-order valence-electron chi connectivity index (χ4n) is 4.49. The Hall–Kier alpha value is -3.52. The summed E-state index contributed by atoms with van der Waals surface area (Å²) >= 11 is 6.60. The minimum Gasteiger partial charge on any atom is -0.454 e. The number of fused-ring (bicyclic) bond motifs is 1. The van der Waals surface area contributed by atoms with E-state index in [-0.39, 0.29) is 24.5 Å². The van der Waals surface area contributed by atoms with Crippen molar-refractivity contribution in [2.45, 2.75) is 33.2 Å². The molecular weight excluding hydrogens is 468 g/mol. The summed E-state index contributed by atoms with van der Waals surface area (Å²) in [6.07, 6.45) is 1.16. The van der Waals surface area contributed by atoms with Gasteiger partial charge in [-0.1, -0.05) is 41.4 Å². The highest BCUT2D eigenvalue weighted by molar-refractivity contribution is 6.33. The van der Waals surface area contributed by atoms with Crippen LogP contribution in [-0.2, 0) is 11.3 Å². The number of aromatic nitrogens is 2. The largest absolute Gasteiger partial charge is 0.454 e. The van der Waals surface area contributed by atoms with Crippen molar-refractivity contribution >= 4 is 29.1 Å². The summed E-state index contributed by atoms with van der Waals surface area (Å²) in [5.41, 5.74) is 3.95. The highest BCUT2D eigenvalue weighted by Gasteiger charge is 2.31. The maximum atomic E-state index is 13.3. The molecule has 1 saturated heterocycles. The van der Waals surface area contributed by atoms with Crippen LogP contribution in [0.1, 0.15) is 40.0 Å². The lowest BCUT2D eigenvalue weighted by Gasteiger charge is -2.31. The van der Waals surface area contributed by atoms with Gasteiger partial charge in [0.15, 0.2) is 11.5 Å². The van der Waals surface area contributed by atoms with Gasteiger partial charge in [0.05, 0.1) is 17.8 Å². The van der Waals surface area contributed by atoms with E-state index in [2.05, 4.69) is 10.4 Å². The van der Waals surface area contributed by atoms with Crippen LogP contribution < -0.4 is 14.8 Å². The molecule has 1 fully saturated rings. The lowest BCUT2D eigenvalue weighted by Crippen LogP contribution is -2.41. The number of halogens is 1. The van der Waals surface area contributed by atoms with Gasteiger partial charge < -0.3 is 19.7 Å². The summed E-state index contributed by atoms with van der Waals surface area (Å²) in [6.45, 7) is 5.49. The molecule has 3 heterocycles. The molecular formula is C26H27ClN4O4. The van der Waals surface area contributed by atoms with Crippen molar-refractivity contribution in [2.75, 3.05) is 25.2 Å². The molecule has 0 unspecified atom stereocenters. The van der Waals surface area contributed by atoms with Gasteiger partial charge in [0.2, 0.25) is 12.7 Å². The zero-order chi connectivity index (χ0) is 24.5. The van der Waals surface area contributed by atoms with Crippen LogP contribution in [0.3, 0.4) is 0 Å². The van der Waals surface area contributed by atoms with Crippen molar-refractivity contribution < 1.29 is 19.1 Å². The Morgan fingerprint density at radius 3 is 2.51 bits per heavy atom. The zero-order valence-electron chi connectivity index (χ0n) is 19.7. The predicted octanol–water partition coefficient (Wildman–Crippen LogP) is 4.42. The number of hydrogen-bond acceptors (Lipinski definition) is 5. The molecule has 2 aliphatic rings. The number of anilines is 1. The third kappa shape index (κ3) is 4.84. The molecule has 182 valence electrons. The lowest BCUT2D eigenvalue weighted by atomic mass is 9.95. The molecule has 1 N–H and O–H groups in total. The Morgan fingerprint density at radius 2 is 1.77 bits per heavy atom. The van der Waals surface area contributed by atoms with Gasteiger partial charge in [-0.25, -0.2) is 4.68 Å². The normalized spacial score (nSPS) is 15.3. The second kappa shape index (κ2) is 9.62. The van der Waals surface area contributed by atoms with E-state index >= 15 is 0 Å². The zero-order valence-corrected chi connectivity index (χ0v) is 20.5. The van der Waals surface area contributed by atoms with E-state index < -0.39 is 0 Å². The van der Waals surface area contributed by atoms with Crippen LogP contribution >= 0.6 is 11.6 Å². The third-order valence-corrected chi connectivity index (χ3v) is 6.91. The quantitative estimate of drug-likeness (QED) is 0.567. The molecule has 0 bridgehead atoms. The van der Waals surface area contributed by atoms with Crippen LogP contribution in [0.15, 0.2) is 42.5 Å². The van der Waals surface area contributed by atoms with Crippen LogP contribution in [0.5, 0.6) is 11.5 Å². The van der Waals surface area contributed by atoms with Gasteiger partial charge in [0, 0.05) is 30.8 Å². The highest BCUT2D eigenvalue weighted by Crippen LogP contribution is 2.34. The number of carbonyl (C=O) groups excluding carboxylic acids is 2. The third-order valence-electron chi connectivity index (χ3n) is 6.53. The number of likely N-dealkylation sites (tertiary alicyclic amines) is 1. The van der Waals surface area contributed by atoms with E-state index in [4.69, 9.17) is 21.1 Å². The molecule has 0 saturated carbocycles. The van der Waals surface area contributed by atoms with Crippen LogP contribution in [0.4, 0.5) is 5.69 Å². The number of carbonyl (C=O) groups is 2. The Bertz CT molecular complexity index is 1260. The first kappa shape index (κ1) is 23.2. The van der Waals surface area contributed by atoms with E-state index in [1.807, 2.05) is 31.2 Å².